The van der Waals surface area contributed by atoms with Crippen molar-refractivity contribution in [3.05, 3.63) is 52.3 Å². The Balaban J connectivity index is 1.43. The molecule has 1 aliphatic heterocycles. The van der Waals surface area contributed by atoms with Gasteiger partial charge in [0.05, 0.1) is 11.1 Å². The van der Waals surface area contributed by atoms with Crippen LogP contribution in [-0.2, 0) is 4.79 Å². The molecule has 0 unspecified atom stereocenters. The number of carbonyl (C=O) groups excluding carboxylic acids is 3. The van der Waals surface area contributed by atoms with Crippen molar-refractivity contribution in [2.45, 2.75) is 6.42 Å². The van der Waals surface area contributed by atoms with Gasteiger partial charge in [-0.2, -0.15) is 0 Å². The lowest BCUT2D eigenvalue weighted by atomic mass is 10.1. The Labute approximate surface area is 158 Å². The normalized spacial score (nSPS) is 12.9. The highest BCUT2D eigenvalue weighted by Crippen LogP contribution is 2.25. The number of nitrogens with one attached hydrogen (secondary N) is 2. The van der Waals surface area contributed by atoms with Gasteiger partial charge in [0, 0.05) is 42.9 Å². The summed E-state index contributed by atoms with van der Waals surface area (Å²) in [6.45, 7) is 0.897. The molecule has 1 aromatic heterocycles. The molecule has 0 bridgehead atoms. The summed E-state index contributed by atoms with van der Waals surface area (Å²) in [6, 6.07) is 6.65. The van der Waals surface area contributed by atoms with Crippen LogP contribution in [0.3, 0.4) is 0 Å². The molecule has 0 saturated heterocycles. The SMILES string of the molecule is O=C(CCN1C(=O)c2ccc(Br)cc2C1=O)NCCNc1ncccn1. The van der Waals surface area contributed by atoms with Crippen LogP contribution in [0.25, 0.3) is 0 Å². The van der Waals surface area contributed by atoms with Gasteiger partial charge in [-0.1, -0.05) is 15.9 Å². The topological polar surface area (TPSA) is 104 Å². The third-order valence-corrected chi connectivity index (χ3v) is 4.28. The second-order valence-electron chi connectivity index (χ2n) is 5.55. The zero-order chi connectivity index (χ0) is 18.5. The van der Waals surface area contributed by atoms with Gasteiger partial charge in [-0.3, -0.25) is 19.3 Å². The molecule has 2 N–H and O–H groups in total. The summed E-state index contributed by atoms with van der Waals surface area (Å²) in [6.07, 6.45) is 3.29. The van der Waals surface area contributed by atoms with E-state index in [9.17, 15) is 14.4 Å². The summed E-state index contributed by atoms with van der Waals surface area (Å²) in [7, 11) is 0. The number of fused-ring (bicyclic) bond motifs is 1. The third kappa shape index (κ3) is 4.05. The molecule has 0 atom stereocenters. The Kier molecular flexibility index (Phi) is 5.57. The lowest BCUT2D eigenvalue weighted by molar-refractivity contribution is -0.121. The molecule has 0 radical (unpaired) electrons. The van der Waals surface area contributed by atoms with Crippen molar-refractivity contribution in [2.75, 3.05) is 25.0 Å². The van der Waals surface area contributed by atoms with Crippen LogP contribution in [0.2, 0.25) is 0 Å². The lowest BCUT2D eigenvalue weighted by Crippen LogP contribution is -2.35. The molecule has 134 valence electrons. The molecule has 1 aromatic carbocycles. The van der Waals surface area contributed by atoms with Crippen LogP contribution in [0.4, 0.5) is 5.95 Å². The first-order valence-electron chi connectivity index (χ1n) is 7.99. The van der Waals surface area contributed by atoms with Gasteiger partial charge in [0.15, 0.2) is 0 Å². The predicted octanol–water partition coefficient (Wildman–Crippen LogP) is 1.45. The van der Waals surface area contributed by atoms with E-state index in [4.69, 9.17) is 0 Å². The quantitative estimate of drug-likeness (QED) is 0.521. The van der Waals surface area contributed by atoms with Crippen LogP contribution in [0.1, 0.15) is 27.1 Å². The largest absolute Gasteiger partial charge is 0.354 e. The molecular formula is C17H16BrN5O3. The van der Waals surface area contributed by atoms with Crippen molar-refractivity contribution in [1.29, 1.82) is 0 Å². The van der Waals surface area contributed by atoms with Crippen LogP contribution in [0.5, 0.6) is 0 Å². The van der Waals surface area contributed by atoms with E-state index in [2.05, 4.69) is 36.5 Å². The number of halogens is 1. The smallest absolute Gasteiger partial charge is 0.261 e. The van der Waals surface area contributed by atoms with E-state index in [0.29, 0.717) is 30.2 Å². The van der Waals surface area contributed by atoms with E-state index in [0.717, 1.165) is 9.37 Å². The van der Waals surface area contributed by atoms with Gasteiger partial charge in [0.25, 0.3) is 11.8 Å². The second kappa shape index (κ2) is 8.05. The highest BCUT2D eigenvalue weighted by molar-refractivity contribution is 9.10. The number of aromatic nitrogens is 2. The number of hydrogen-bond acceptors (Lipinski definition) is 6. The number of benzene rings is 1. The van der Waals surface area contributed by atoms with Crippen molar-refractivity contribution in [3.63, 3.8) is 0 Å². The van der Waals surface area contributed by atoms with Crippen molar-refractivity contribution in [1.82, 2.24) is 20.2 Å². The summed E-state index contributed by atoms with van der Waals surface area (Å²) in [5.74, 6) is -0.493. The van der Waals surface area contributed by atoms with E-state index >= 15 is 0 Å². The van der Waals surface area contributed by atoms with Gasteiger partial charge in [-0.15, -0.1) is 0 Å². The maximum absolute atomic E-state index is 12.3. The van der Waals surface area contributed by atoms with Crippen LogP contribution in [0.15, 0.2) is 41.1 Å². The Bertz CT molecular complexity index is 844. The average molecular weight is 418 g/mol. The van der Waals surface area contributed by atoms with Crippen molar-refractivity contribution in [3.8, 4) is 0 Å². The van der Waals surface area contributed by atoms with Crippen molar-refractivity contribution < 1.29 is 14.4 Å². The second-order valence-corrected chi connectivity index (χ2v) is 6.47. The van der Waals surface area contributed by atoms with Gasteiger partial charge in [-0.05, 0) is 24.3 Å². The Morgan fingerprint density at radius 2 is 1.81 bits per heavy atom. The van der Waals surface area contributed by atoms with Gasteiger partial charge >= 0.3 is 0 Å². The Morgan fingerprint density at radius 1 is 1.08 bits per heavy atom. The Hall–Kier alpha value is -2.81. The average Bonchev–Trinajstić information content (AvgIpc) is 2.88. The number of nitrogens with zero attached hydrogens (tertiary/aromatic N) is 3. The number of amides is 3. The summed E-state index contributed by atoms with van der Waals surface area (Å²) < 4.78 is 0.729. The van der Waals surface area contributed by atoms with Gasteiger partial charge in [0.2, 0.25) is 11.9 Å². The van der Waals surface area contributed by atoms with Crippen LogP contribution >= 0.6 is 15.9 Å². The minimum atomic E-state index is -0.373. The molecule has 0 saturated carbocycles. The molecule has 2 heterocycles. The monoisotopic (exact) mass is 417 g/mol. The zero-order valence-corrected chi connectivity index (χ0v) is 15.3. The number of imide groups is 1. The maximum atomic E-state index is 12.3. The summed E-state index contributed by atoms with van der Waals surface area (Å²) in [5, 5.41) is 5.69. The maximum Gasteiger partial charge on any atom is 0.261 e. The molecule has 9 heteroatoms. The third-order valence-electron chi connectivity index (χ3n) is 3.79. The molecule has 26 heavy (non-hydrogen) atoms. The number of carbonyl (C=O) groups is 3. The molecule has 8 nitrogen and oxygen atoms in total. The summed E-state index contributed by atoms with van der Waals surface area (Å²) >= 11 is 3.29. The van der Waals surface area contributed by atoms with E-state index < -0.39 is 0 Å². The van der Waals surface area contributed by atoms with Crippen LogP contribution in [-0.4, -0.2) is 52.2 Å². The number of rotatable bonds is 7. The molecule has 0 aliphatic carbocycles. The highest BCUT2D eigenvalue weighted by Gasteiger charge is 2.35. The molecule has 0 fully saturated rings. The molecule has 2 aromatic rings. The fraction of sp³-hybridized carbons (Fsp3) is 0.235. The van der Waals surface area contributed by atoms with Gasteiger partial charge < -0.3 is 10.6 Å². The fourth-order valence-electron chi connectivity index (χ4n) is 2.53. The summed E-state index contributed by atoms with van der Waals surface area (Å²) in [4.78, 5) is 45.6. The molecule has 3 rings (SSSR count). The zero-order valence-electron chi connectivity index (χ0n) is 13.7. The first-order valence-corrected chi connectivity index (χ1v) is 8.79. The standard InChI is InChI=1S/C17H16BrN5O3/c18-11-2-3-12-13(10-11)16(26)23(15(12)25)9-4-14(24)19-7-8-22-17-20-5-1-6-21-17/h1-3,5-6,10H,4,7-9H2,(H,19,24)(H,20,21,22). The molecule has 3 amide bonds. The van der Waals surface area contributed by atoms with Crippen molar-refractivity contribution in [2.24, 2.45) is 0 Å². The van der Waals surface area contributed by atoms with E-state index in [1.165, 1.54) is 0 Å². The predicted molar refractivity (Wildman–Crippen MR) is 97.7 cm³/mol. The Morgan fingerprint density at radius 3 is 2.58 bits per heavy atom. The highest BCUT2D eigenvalue weighted by atomic mass is 79.9. The van der Waals surface area contributed by atoms with Crippen molar-refractivity contribution >= 4 is 39.6 Å². The van der Waals surface area contributed by atoms with Crippen LogP contribution < -0.4 is 10.6 Å². The van der Waals surface area contributed by atoms with E-state index in [-0.39, 0.29) is 30.7 Å². The number of anilines is 1. The first kappa shape index (κ1) is 18.0. The van der Waals surface area contributed by atoms with E-state index in [1.807, 2.05) is 0 Å². The molecular weight excluding hydrogens is 402 g/mol. The fourth-order valence-corrected chi connectivity index (χ4v) is 2.90. The first-order chi connectivity index (χ1) is 12.6. The number of hydrogen-bond donors (Lipinski definition) is 2. The lowest BCUT2D eigenvalue weighted by Gasteiger charge is -2.13. The minimum Gasteiger partial charge on any atom is -0.354 e. The minimum absolute atomic E-state index is 0.0467. The summed E-state index contributed by atoms with van der Waals surface area (Å²) in [5.41, 5.74) is 0.725. The molecule has 0 spiro atoms. The van der Waals surface area contributed by atoms with Gasteiger partial charge in [0.1, 0.15) is 0 Å². The van der Waals surface area contributed by atoms with E-state index in [1.54, 1.807) is 36.7 Å². The van der Waals surface area contributed by atoms with Gasteiger partial charge in [-0.25, -0.2) is 9.97 Å². The van der Waals surface area contributed by atoms with Crippen LogP contribution in [0, 0.1) is 0 Å². The molecule has 1 aliphatic rings.